The average molecular weight is 245 g/mol. The quantitative estimate of drug-likeness (QED) is 0.842. The summed E-state index contributed by atoms with van der Waals surface area (Å²) in [6, 6.07) is 0.391. The third-order valence-electron chi connectivity index (χ3n) is 2.70. The van der Waals surface area contributed by atoms with Crippen LogP contribution in [0.1, 0.15) is 11.4 Å². The fraction of sp³-hybridized carbons (Fsp3) is 0.727. The Morgan fingerprint density at radius 2 is 2.12 bits per heavy atom. The van der Waals surface area contributed by atoms with Gasteiger partial charge in [0.05, 0.1) is 16.4 Å². The van der Waals surface area contributed by atoms with Gasteiger partial charge in [0.25, 0.3) is 0 Å². The van der Waals surface area contributed by atoms with Gasteiger partial charge < -0.3 is 10.2 Å². The monoisotopic (exact) mass is 244 g/mol. The van der Waals surface area contributed by atoms with E-state index >= 15 is 0 Å². The number of aromatic nitrogens is 2. The van der Waals surface area contributed by atoms with Gasteiger partial charge in [0, 0.05) is 26.1 Å². The molecule has 0 amide bonds. The van der Waals surface area contributed by atoms with Crippen molar-refractivity contribution in [2.45, 2.75) is 19.4 Å². The largest absolute Gasteiger partial charge is 0.315 e. The highest BCUT2D eigenvalue weighted by Crippen LogP contribution is 2.20. The molecule has 1 atom stereocenters. The van der Waals surface area contributed by atoms with Crippen LogP contribution < -0.4 is 5.32 Å². The molecule has 0 aromatic carbocycles. The van der Waals surface area contributed by atoms with Crippen LogP contribution >= 0.6 is 11.6 Å². The van der Waals surface area contributed by atoms with Crippen LogP contribution in [0.5, 0.6) is 0 Å². The highest BCUT2D eigenvalue weighted by Gasteiger charge is 2.16. The molecule has 92 valence electrons. The first-order valence-electron chi connectivity index (χ1n) is 5.45. The van der Waals surface area contributed by atoms with E-state index in [9.17, 15) is 0 Å². The number of aryl methyl sites for hydroxylation is 2. The van der Waals surface area contributed by atoms with Gasteiger partial charge in [-0.3, -0.25) is 4.68 Å². The van der Waals surface area contributed by atoms with Crippen molar-refractivity contribution < 1.29 is 0 Å². The summed E-state index contributed by atoms with van der Waals surface area (Å²) in [4.78, 5) is 2.16. The SMILES string of the molecule is CNC(Cc1c(Cl)c(C)nn1C)CN(C)C. The van der Waals surface area contributed by atoms with Gasteiger partial charge in [-0.15, -0.1) is 0 Å². The molecule has 0 aliphatic rings. The zero-order valence-corrected chi connectivity index (χ0v) is 11.5. The first-order valence-corrected chi connectivity index (χ1v) is 5.83. The van der Waals surface area contributed by atoms with Crippen molar-refractivity contribution in [1.82, 2.24) is 20.0 Å². The Morgan fingerprint density at radius 3 is 2.50 bits per heavy atom. The van der Waals surface area contributed by atoms with E-state index < -0.39 is 0 Å². The van der Waals surface area contributed by atoms with Gasteiger partial charge in [0.2, 0.25) is 0 Å². The summed E-state index contributed by atoms with van der Waals surface area (Å²) < 4.78 is 1.87. The summed E-state index contributed by atoms with van der Waals surface area (Å²) in [5, 5.41) is 8.42. The molecule has 1 aromatic rings. The van der Waals surface area contributed by atoms with E-state index in [2.05, 4.69) is 29.4 Å². The molecule has 5 heteroatoms. The van der Waals surface area contributed by atoms with Crippen LogP contribution in [0.25, 0.3) is 0 Å². The lowest BCUT2D eigenvalue weighted by atomic mass is 10.1. The number of likely N-dealkylation sites (N-methyl/N-ethyl adjacent to an activating group) is 2. The second-order valence-electron chi connectivity index (χ2n) is 4.42. The minimum Gasteiger partial charge on any atom is -0.315 e. The molecule has 16 heavy (non-hydrogen) atoms. The standard InChI is InChI=1S/C11H21ClN4/c1-8-11(12)10(16(5)14-8)6-9(13-2)7-15(3)4/h9,13H,6-7H2,1-5H3. The Hall–Kier alpha value is -0.580. The van der Waals surface area contributed by atoms with Crippen molar-refractivity contribution in [2.24, 2.45) is 7.05 Å². The number of halogens is 1. The predicted octanol–water partition coefficient (Wildman–Crippen LogP) is 1.07. The van der Waals surface area contributed by atoms with Crippen molar-refractivity contribution in [2.75, 3.05) is 27.7 Å². The third-order valence-corrected chi connectivity index (χ3v) is 3.19. The van der Waals surface area contributed by atoms with E-state index in [1.165, 1.54) is 0 Å². The Balaban J connectivity index is 2.77. The smallest absolute Gasteiger partial charge is 0.0847 e. The molecule has 1 N–H and O–H groups in total. The highest BCUT2D eigenvalue weighted by atomic mass is 35.5. The first kappa shape index (κ1) is 13.5. The summed E-state index contributed by atoms with van der Waals surface area (Å²) in [5.74, 6) is 0. The van der Waals surface area contributed by atoms with Gasteiger partial charge in [-0.25, -0.2) is 0 Å². The maximum absolute atomic E-state index is 6.23. The van der Waals surface area contributed by atoms with E-state index in [1.54, 1.807) is 0 Å². The lowest BCUT2D eigenvalue weighted by molar-refractivity contribution is 0.343. The summed E-state index contributed by atoms with van der Waals surface area (Å²) in [5.41, 5.74) is 2.00. The predicted molar refractivity (Wildman–Crippen MR) is 68.1 cm³/mol. The van der Waals surface area contributed by atoms with E-state index in [1.807, 2.05) is 25.7 Å². The summed E-state index contributed by atoms with van der Waals surface area (Å²) in [7, 11) is 8.06. The van der Waals surface area contributed by atoms with Crippen LogP contribution in [0.4, 0.5) is 0 Å². The molecule has 0 aliphatic heterocycles. The molecule has 0 spiro atoms. The average Bonchev–Trinajstić information content (AvgIpc) is 2.43. The van der Waals surface area contributed by atoms with Crippen molar-refractivity contribution in [3.63, 3.8) is 0 Å². The fourth-order valence-electron chi connectivity index (χ4n) is 1.83. The Labute approximate surface area is 103 Å². The fourth-order valence-corrected chi connectivity index (χ4v) is 2.07. The van der Waals surface area contributed by atoms with E-state index in [0.717, 1.165) is 29.4 Å². The normalized spacial score (nSPS) is 13.4. The lowest BCUT2D eigenvalue weighted by Gasteiger charge is -2.20. The van der Waals surface area contributed by atoms with Crippen LogP contribution in [0.3, 0.4) is 0 Å². The first-order chi connectivity index (χ1) is 7.45. The summed E-state index contributed by atoms with van der Waals surface area (Å²) in [6.07, 6.45) is 0.894. The number of nitrogens with one attached hydrogen (secondary N) is 1. The molecule has 1 unspecified atom stereocenters. The van der Waals surface area contributed by atoms with Crippen LogP contribution in [0.2, 0.25) is 5.02 Å². The minimum atomic E-state index is 0.391. The molecule has 4 nitrogen and oxygen atoms in total. The Morgan fingerprint density at radius 1 is 1.50 bits per heavy atom. The number of nitrogens with zero attached hydrogens (tertiary/aromatic N) is 3. The second-order valence-corrected chi connectivity index (χ2v) is 4.80. The van der Waals surface area contributed by atoms with Crippen molar-refractivity contribution in [3.05, 3.63) is 16.4 Å². The summed E-state index contributed by atoms with van der Waals surface area (Å²) in [6.45, 7) is 2.92. The van der Waals surface area contributed by atoms with Gasteiger partial charge in [-0.1, -0.05) is 11.6 Å². The maximum atomic E-state index is 6.23. The van der Waals surface area contributed by atoms with E-state index in [-0.39, 0.29) is 0 Å². The van der Waals surface area contributed by atoms with Crippen molar-refractivity contribution in [1.29, 1.82) is 0 Å². The van der Waals surface area contributed by atoms with Crippen LogP contribution in [-0.2, 0) is 13.5 Å². The molecule has 0 radical (unpaired) electrons. The minimum absolute atomic E-state index is 0.391. The van der Waals surface area contributed by atoms with Gasteiger partial charge in [0.1, 0.15) is 0 Å². The highest BCUT2D eigenvalue weighted by molar-refractivity contribution is 6.31. The van der Waals surface area contributed by atoms with Crippen LogP contribution in [-0.4, -0.2) is 48.4 Å². The Kier molecular flexibility index (Phi) is 4.77. The van der Waals surface area contributed by atoms with Gasteiger partial charge in [-0.2, -0.15) is 5.10 Å². The van der Waals surface area contributed by atoms with Gasteiger partial charge in [0.15, 0.2) is 0 Å². The molecule has 1 rings (SSSR count). The number of hydrogen-bond acceptors (Lipinski definition) is 3. The maximum Gasteiger partial charge on any atom is 0.0847 e. The van der Waals surface area contributed by atoms with Crippen LogP contribution in [0, 0.1) is 6.92 Å². The second kappa shape index (κ2) is 5.66. The molecular weight excluding hydrogens is 224 g/mol. The zero-order valence-electron chi connectivity index (χ0n) is 10.7. The molecule has 0 fully saturated rings. The molecular formula is C11H21ClN4. The Bertz CT molecular complexity index is 346. The lowest BCUT2D eigenvalue weighted by Crippen LogP contribution is -2.38. The number of rotatable bonds is 5. The van der Waals surface area contributed by atoms with E-state index in [4.69, 9.17) is 11.6 Å². The number of hydrogen-bond donors (Lipinski definition) is 1. The zero-order chi connectivity index (χ0) is 12.3. The van der Waals surface area contributed by atoms with E-state index in [0.29, 0.717) is 6.04 Å². The van der Waals surface area contributed by atoms with Crippen molar-refractivity contribution >= 4 is 11.6 Å². The topological polar surface area (TPSA) is 33.1 Å². The van der Waals surface area contributed by atoms with Gasteiger partial charge >= 0.3 is 0 Å². The third kappa shape index (κ3) is 3.20. The summed E-state index contributed by atoms with van der Waals surface area (Å²) >= 11 is 6.23. The molecule has 0 saturated carbocycles. The molecule has 1 heterocycles. The van der Waals surface area contributed by atoms with Gasteiger partial charge in [-0.05, 0) is 28.1 Å². The van der Waals surface area contributed by atoms with Crippen LogP contribution in [0.15, 0.2) is 0 Å². The molecule has 0 saturated heterocycles. The molecule has 0 bridgehead atoms. The molecule has 0 aliphatic carbocycles. The van der Waals surface area contributed by atoms with Crippen molar-refractivity contribution in [3.8, 4) is 0 Å². The molecule has 1 aromatic heterocycles.